The molecule has 1 aromatic carbocycles. The summed E-state index contributed by atoms with van der Waals surface area (Å²) in [5, 5.41) is 11.4. The molecule has 7 nitrogen and oxygen atoms in total. The molecular weight excluding hydrogens is 310 g/mol. The van der Waals surface area contributed by atoms with Crippen LogP contribution in [0.5, 0.6) is 0 Å². The van der Waals surface area contributed by atoms with E-state index in [2.05, 4.69) is 5.32 Å². The molecule has 1 aliphatic heterocycles. The Kier molecular flexibility index (Phi) is 5.78. The van der Waals surface area contributed by atoms with Crippen LogP contribution in [0.4, 0.5) is 10.5 Å². The summed E-state index contributed by atoms with van der Waals surface area (Å²) in [6, 6.07) is 6.68. The van der Waals surface area contributed by atoms with E-state index in [1.807, 2.05) is 31.2 Å². The van der Waals surface area contributed by atoms with E-state index in [9.17, 15) is 14.4 Å². The summed E-state index contributed by atoms with van der Waals surface area (Å²) in [6.45, 7) is 2.71. The maximum atomic E-state index is 12.6. The molecule has 1 aromatic rings. The Morgan fingerprint density at radius 1 is 1.33 bits per heavy atom. The summed E-state index contributed by atoms with van der Waals surface area (Å²) in [5.41, 5.74) is 1.94. The van der Waals surface area contributed by atoms with E-state index in [4.69, 9.17) is 5.11 Å². The maximum Gasteiger partial charge on any atom is 0.317 e. The molecule has 2 N–H and O–H groups in total. The minimum absolute atomic E-state index is 0.101. The van der Waals surface area contributed by atoms with Crippen LogP contribution in [0, 0.1) is 6.92 Å². The lowest BCUT2D eigenvalue weighted by Gasteiger charge is -2.33. The zero-order chi connectivity index (χ0) is 17.7. The third kappa shape index (κ3) is 4.47. The smallest absolute Gasteiger partial charge is 0.317 e. The summed E-state index contributed by atoms with van der Waals surface area (Å²) in [4.78, 5) is 38.3. The third-order valence-corrected chi connectivity index (χ3v) is 4.09. The number of anilines is 1. The highest BCUT2D eigenvalue weighted by Gasteiger charge is 2.31. The zero-order valence-electron chi connectivity index (χ0n) is 14.0. The van der Waals surface area contributed by atoms with Gasteiger partial charge < -0.3 is 20.2 Å². The minimum atomic E-state index is -0.964. The van der Waals surface area contributed by atoms with Gasteiger partial charge >= 0.3 is 12.0 Å². The van der Waals surface area contributed by atoms with Crippen LogP contribution < -0.4 is 10.2 Å². The molecule has 1 heterocycles. The van der Waals surface area contributed by atoms with Crippen LogP contribution in [0.15, 0.2) is 24.3 Å². The summed E-state index contributed by atoms with van der Waals surface area (Å²) in [7, 11) is 1.52. The van der Waals surface area contributed by atoms with Crippen molar-refractivity contribution in [3.8, 4) is 0 Å². The summed E-state index contributed by atoms with van der Waals surface area (Å²) < 4.78 is 0. The second-order valence-corrected chi connectivity index (χ2v) is 6.04. The molecule has 7 heteroatoms. The van der Waals surface area contributed by atoms with Crippen LogP contribution in [0.25, 0.3) is 0 Å². The molecular formula is C17H23N3O4. The van der Waals surface area contributed by atoms with Gasteiger partial charge in [0.05, 0.1) is 6.42 Å². The lowest BCUT2D eigenvalue weighted by Crippen LogP contribution is -2.54. The number of piperidine rings is 1. The Bertz CT molecular complexity index is 615. The molecule has 130 valence electrons. The largest absolute Gasteiger partial charge is 0.481 e. The number of carbonyl (C=O) groups is 3. The zero-order valence-corrected chi connectivity index (χ0v) is 14.0. The van der Waals surface area contributed by atoms with Crippen molar-refractivity contribution in [2.75, 3.05) is 25.0 Å². The number of rotatable bonds is 5. The normalized spacial score (nSPS) is 17.5. The molecule has 0 saturated carbocycles. The molecule has 1 fully saturated rings. The van der Waals surface area contributed by atoms with Crippen molar-refractivity contribution >= 4 is 23.6 Å². The van der Waals surface area contributed by atoms with E-state index in [0.29, 0.717) is 13.0 Å². The number of aliphatic carboxylic acids is 1. The fourth-order valence-electron chi connectivity index (χ4n) is 2.61. The van der Waals surface area contributed by atoms with Gasteiger partial charge in [0.25, 0.3) is 0 Å². The second kappa shape index (κ2) is 7.81. The fourth-order valence-corrected chi connectivity index (χ4v) is 2.61. The number of hydrogen-bond acceptors (Lipinski definition) is 3. The van der Waals surface area contributed by atoms with E-state index in [0.717, 1.165) is 17.7 Å². The SMILES string of the molecule is Cc1ccc(N2CCCC(NC(=O)N(C)CCC(=O)O)C2=O)cc1. The van der Waals surface area contributed by atoms with Gasteiger partial charge in [0.1, 0.15) is 6.04 Å². The van der Waals surface area contributed by atoms with Gasteiger partial charge in [0, 0.05) is 25.8 Å². The van der Waals surface area contributed by atoms with Crippen LogP contribution in [-0.2, 0) is 9.59 Å². The first-order valence-electron chi connectivity index (χ1n) is 8.00. The highest BCUT2D eigenvalue weighted by molar-refractivity contribution is 5.99. The van der Waals surface area contributed by atoms with Crippen molar-refractivity contribution in [3.05, 3.63) is 29.8 Å². The molecule has 0 spiro atoms. The number of nitrogens with zero attached hydrogens (tertiary/aromatic N) is 2. The minimum Gasteiger partial charge on any atom is -0.481 e. The average molecular weight is 333 g/mol. The van der Waals surface area contributed by atoms with E-state index >= 15 is 0 Å². The first kappa shape index (κ1) is 17.8. The molecule has 1 unspecified atom stereocenters. The number of aryl methyl sites for hydroxylation is 1. The standard InChI is InChI=1S/C17H23N3O4/c1-12-5-7-13(8-6-12)20-10-3-4-14(16(20)23)18-17(24)19(2)11-9-15(21)22/h5-8,14H,3-4,9-11H2,1-2H3,(H,18,24)(H,21,22). The predicted octanol–water partition coefficient (Wildman–Crippen LogP) is 1.61. The van der Waals surface area contributed by atoms with Gasteiger partial charge in [-0.3, -0.25) is 9.59 Å². The monoisotopic (exact) mass is 333 g/mol. The van der Waals surface area contributed by atoms with Crippen LogP contribution in [-0.4, -0.2) is 54.1 Å². The Balaban J connectivity index is 1.98. The molecule has 0 bridgehead atoms. The summed E-state index contributed by atoms with van der Waals surface area (Å²) in [5.74, 6) is -1.10. The van der Waals surface area contributed by atoms with Crippen molar-refractivity contribution in [2.45, 2.75) is 32.2 Å². The number of benzene rings is 1. The van der Waals surface area contributed by atoms with Gasteiger partial charge in [-0.1, -0.05) is 17.7 Å². The second-order valence-electron chi connectivity index (χ2n) is 6.04. The van der Waals surface area contributed by atoms with Crippen LogP contribution in [0.3, 0.4) is 0 Å². The van der Waals surface area contributed by atoms with Gasteiger partial charge in [-0.25, -0.2) is 4.79 Å². The Labute approximate surface area is 141 Å². The van der Waals surface area contributed by atoms with Crippen molar-refractivity contribution in [3.63, 3.8) is 0 Å². The number of urea groups is 1. The van der Waals surface area contributed by atoms with Gasteiger partial charge in [-0.2, -0.15) is 0 Å². The topological polar surface area (TPSA) is 90.0 Å². The Hall–Kier alpha value is -2.57. The molecule has 24 heavy (non-hydrogen) atoms. The molecule has 0 aromatic heterocycles. The third-order valence-electron chi connectivity index (χ3n) is 4.09. The number of carboxylic acid groups (broad SMARTS) is 1. The van der Waals surface area contributed by atoms with E-state index in [1.54, 1.807) is 4.90 Å². The molecule has 0 radical (unpaired) electrons. The molecule has 1 atom stereocenters. The number of hydrogen-bond donors (Lipinski definition) is 2. The van der Waals surface area contributed by atoms with Gasteiger partial charge in [-0.15, -0.1) is 0 Å². The van der Waals surface area contributed by atoms with E-state index < -0.39 is 18.0 Å². The summed E-state index contributed by atoms with van der Waals surface area (Å²) in [6.07, 6.45) is 1.25. The van der Waals surface area contributed by atoms with Crippen molar-refractivity contribution in [2.24, 2.45) is 0 Å². The molecule has 1 saturated heterocycles. The average Bonchev–Trinajstić information content (AvgIpc) is 2.55. The lowest BCUT2D eigenvalue weighted by atomic mass is 10.0. The molecule has 3 amide bonds. The number of carboxylic acids is 1. The van der Waals surface area contributed by atoms with Gasteiger partial charge in [0.15, 0.2) is 0 Å². The molecule has 1 aliphatic rings. The van der Waals surface area contributed by atoms with Gasteiger partial charge in [0.2, 0.25) is 5.91 Å². The highest BCUT2D eigenvalue weighted by Crippen LogP contribution is 2.21. The molecule has 0 aliphatic carbocycles. The Morgan fingerprint density at radius 3 is 2.62 bits per heavy atom. The fraction of sp³-hybridized carbons (Fsp3) is 0.471. The highest BCUT2D eigenvalue weighted by atomic mass is 16.4. The quantitative estimate of drug-likeness (QED) is 0.856. The van der Waals surface area contributed by atoms with E-state index in [-0.39, 0.29) is 18.9 Å². The lowest BCUT2D eigenvalue weighted by molar-refractivity contribution is -0.137. The van der Waals surface area contributed by atoms with Crippen LogP contribution in [0.2, 0.25) is 0 Å². The number of nitrogens with one attached hydrogen (secondary N) is 1. The van der Waals surface area contributed by atoms with Crippen molar-refractivity contribution < 1.29 is 19.5 Å². The van der Waals surface area contributed by atoms with Crippen LogP contribution in [0.1, 0.15) is 24.8 Å². The van der Waals surface area contributed by atoms with Crippen molar-refractivity contribution in [1.29, 1.82) is 0 Å². The first-order valence-corrected chi connectivity index (χ1v) is 8.00. The first-order chi connectivity index (χ1) is 11.4. The van der Waals surface area contributed by atoms with E-state index in [1.165, 1.54) is 11.9 Å². The predicted molar refractivity (Wildman–Crippen MR) is 90.0 cm³/mol. The van der Waals surface area contributed by atoms with Crippen LogP contribution >= 0.6 is 0 Å². The maximum absolute atomic E-state index is 12.6. The number of carbonyl (C=O) groups excluding carboxylic acids is 2. The van der Waals surface area contributed by atoms with Gasteiger partial charge in [-0.05, 0) is 31.9 Å². The number of amides is 3. The summed E-state index contributed by atoms with van der Waals surface area (Å²) >= 11 is 0. The Morgan fingerprint density at radius 2 is 2.00 bits per heavy atom. The molecule has 2 rings (SSSR count). The van der Waals surface area contributed by atoms with Crippen molar-refractivity contribution in [1.82, 2.24) is 10.2 Å².